The highest BCUT2D eigenvalue weighted by Gasteiger charge is 1.97. The maximum absolute atomic E-state index is 7.44. The third-order valence-corrected chi connectivity index (χ3v) is 1.90. The number of nitrogens with two attached hydrogens (primary N) is 1. The van der Waals surface area contributed by atoms with Gasteiger partial charge in [0, 0.05) is 13.7 Å². The average Bonchev–Trinajstić information content (AvgIpc) is 1.92. The summed E-state index contributed by atoms with van der Waals surface area (Å²) in [6.07, 6.45) is 0. The van der Waals surface area contributed by atoms with Crippen molar-refractivity contribution < 1.29 is 2.74 Å². The summed E-state index contributed by atoms with van der Waals surface area (Å²) in [4.78, 5) is 0. The van der Waals surface area contributed by atoms with Crippen LogP contribution in [0.1, 0.15) is 13.9 Å². The van der Waals surface area contributed by atoms with Crippen LogP contribution in [0.25, 0.3) is 0 Å². The summed E-state index contributed by atoms with van der Waals surface area (Å²) < 4.78 is 14.9. The topological polar surface area (TPSA) is 26.0 Å². The van der Waals surface area contributed by atoms with Gasteiger partial charge in [0.2, 0.25) is 0 Å². The molecule has 1 aromatic carbocycles. The van der Waals surface area contributed by atoms with Gasteiger partial charge in [0.05, 0.1) is 0 Å². The lowest BCUT2D eigenvalue weighted by molar-refractivity contribution is 1.32. The quantitative estimate of drug-likeness (QED) is 0.549. The first kappa shape index (κ1) is 5.19. The first-order valence-electron chi connectivity index (χ1n) is 3.97. The summed E-state index contributed by atoms with van der Waals surface area (Å²) in [6.45, 7) is 1.81. The fraction of sp³-hybridized carbons (Fsp3) is 0.250. The maximum atomic E-state index is 7.44. The van der Waals surface area contributed by atoms with Gasteiger partial charge in [-0.2, -0.15) is 0 Å². The van der Waals surface area contributed by atoms with E-state index in [0.29, 0.717) is 11.3 Å². The molecule has 1 aromatic rings. The molecule has 2 heteroatoms. The van der Waals surface area contributed by atoms with E-state index < -0.39 is 5.28 Å². The first-order chi connectivity index (χ1) is 5.43. The van der Waals surface area contributed by atoms with Gasteiger partial charge >= 0.3 is 0 Å². The lowest BCUT2D eigenvalue weighted by atomic mass is 10.1. The van der Waals surface area contributed by atoms with Crippen LogP contribution in [0.15, 0.2) is 18.2 Å². The molecule has 0 fully saturated rings. The lowest BCUT2D eigenvalue weighted by Gasteiger charge is -2.03. The molecular formula is C8H10BrN. The van der Waals surface area contributed by atoms with Crippen molar-refractivity contribution in [3.05, 3.63) is 29.3 Å². The van der Waals surface area contributed by atoms with E-state index in [9.17, 15) is 0 Å². The van der Waals surface area contributed by atoms with Crippen molar-refractivity contribution in [2.24, 2.45) is 0 Å². The predicted octanol–water partition coefficient (Wildman–Crippen LogP) is 2.47. The summed E-state index contributed by atoms with van der Waals surface area (Å²) in [5.41, 5.74) is 7.63. The zero-order valence-corrected chi connectivity index (χ0v) is 7.27. The number of alkyl halides is 1. The van der Waals surface area contributed by atoms with Crippen LogP contribution in [0.5, 0.6) is 0 Å². The molecular weight excluding hydrogens is 190 g/mol. The Morgan fingerprint density at radius 1 is 1.70 bits per heavy atom. The van der Waals surface area contributed by atoms with Crippen LogP contribution in [0.3, 0.4) is 0 Å². The van der Waals surface area contributed by atoms with Gasteiger partial charge in [0.15, 0.2) is 0 Å². The van der Waals surface area contributed by atoms with Crippen molar-refractivity contribution in [2.75, 3.05) is 5.73 Å². The molecule has 0 saturated carbocycles. The molecule has 54 valence electrons. The molecule has 0 aliphatic rings. The van der Waals surface area contributed by atoms with E-state index in [-0.39, 0.29) is 0 Å². The van der Waals surface area contributed by atoms with Crippen LogP contribution in [0.2, 0.25) is 0 Å². The highest BCUT2D eigenvalue weighted by atomic mass is 79.9. The van der Waals surface area contributed by atoms with Crippen LogP contribution in [0, 0.1) is 6.92 Å². The van der Waals surface area contributed by atoms with Crippen molar-refractivity contribution in [2.45, 2.75) is 12.2 Å². The third-order valence-electron chi connectivity index (χ3n) is 1.48. The van der Waals surface area contributed by atoms with Gasteiger partial charge in [-0.15, -0.1) is 0 Å². The molecule has 0 unspecified atom stereocenters. The number of benzene rings is 1. The molecule has 0 bridgehead atoms. The molecule has 0 heterocycles. The van der Waals surface area contributed by atoms with E-state index in [4.69, 9.17) is 8.48 Å². The molecule has 1 nitrogen and oxygen atoms in total. The zero-order valence-electron chi connectivity index (χ0n) is 7.69. The number of anilines is 1. The summed E-state index contributed by atoms with van der Waals surface area (Å²) in [7, 11) is 0. The largest absolute Gasteiger partial charge is 0.399 e. The summed E-state index contributed by atoms with van der Waals surface area (Å²) in [5, 5.41) is -1.49. The van der Waals surface area contributed by atoms with Crippen LogP contribution >= 0.6 is 15.9 Å². The SMILES string of the molecule is [2H]C([2H])(Br)c1cccc(N)c1C. The Balaban J connectivity index is 3.26. The predicted molar refractivity (Wildman–Crippen MR) is 48.2 cm³/mol. The van der Waals surface area contributed by atoms with Crippen molar-refractivity contribution in [1.29, 1.82) is 0 Å². The Labute approximate surface area is 72.2 Å². The maximum Gasteiger partial charge on any atom is 0.0437 e. The monoisotopic (exact) mass is 201 g/mol. The minimum absolute atomic E-state index is 0.586. The van der Waals surface area contributed by atoms with Gasteiger partial charge in [-0.25, -0.2) is 0 Å². The van der Waals surface area contributed by atoms with Gasteiger partial charge < -0.3 is 5.73 Å². The molecule has 0 aromatic heterocycles. The molecule has 0 amide bonds. The highest BCUT2D eigenvalue weighted by Crippen LogP contribution is 2.17. The van der Waals surface area contributed by atoms with Crippen molar-refractivity contribution in [3.8, 4) is 0 Å². The second-order valence-corrected chi connectivity index (χ2v) is 2.51. The third kappa shape index (κ3) is 1.32. The van der Waals surface area contributed by atoms with E-state index in [2.05, 4.69) is 15.9 Å². The standard InChI is InChI=1S/C8H10BrN/c1-6-7(5-9)3-2-4-8(6)10/h2-4H,5,10H2,1H3/i5D2. The number of nitrogen functional groups attached to an aromatic ring is 1. The van der Waals surface area contributed by atoms with E-state index >= 15 is 0 Å². The van der Waals surface area contributed by atoms with Crippen molar-refractivity contribution >= 4 is 21.6 Å². The summed E-state index contributed by atoms with van der Waals surface area (Å²) in [6, 6.07) is 5.23. The molecule has 0 radical (unpaired) electrons. The fourth-order valence-electron chi connectivity index (χ4n) is 0.756. The van der Waals surface area contributed by atoms with E-state index in [1.165, 1.54) is 0 Å². The summed E-state index contributed by atoms with van der Waals surface area (Å²) >= 11 is 2.95. The van der Waals surface area contributed by atoms with E-state index in [0.717, 1.165) is 5.56 Å². The van der Waals surface area contributed by atoms with Gasteiger partial charge in [0.25, 0.3) is 0 Å². The van der Waals surface area contributed by atoms with Gasteiger partial charge in [-0.05, 0) is 24.1 Å². The Morgan fingerprint density at radius 2 is 2.40 bits per heavy atom. The Bertz CT molecular complexity index is 294. The lowest BCUT2D eigenvalue weighted by Crippen LogP contribution is -1.92. The average molecular weight is 202 g/mol. The van der Waals surface area contributed by atoms with Crippen LogP contribution in [0.4, 0.5) is 5.69 Å². The molecule has 0 aliphatic heterocycles. The smallest absolute Gasteiger partial charge is 0.0437 e. The van der Waals surface area contributed by atoms with Crippen molar-refractivity contribution in [1.82, 2.24) is 0 Å². The number of hydrogen-bond donors (Lipinski definition) is 1. The van der Waals surface area contributed by atoms with Gasteiger partial charge in [-0.3, -0.25) is 0 Å². The second kappa shape index (κ2) is 3.06. The molecule has 10 heavy (non-hydrogen) atoms. The minimum atomic E-state index is -1.49. The minimum Gasteiger partial charge on any atom is -0.399 e. The number of rotatable bonds is 1. The fourth-order valence-corrected chi connectivity index (χ4v) is 1.19. The molecule has 2 N–H and O–H groups in total. The van der Waals surface area contributed by atoms with Gasteiger partial charge in [0.1, 0.15) is 0 Å². The first-order valence-corrected chi connectivity index (χ1v) is 3.76. The zero-order chi connectivity index (χ0) is 9.35. The highest BCUT2D eigenvalue weighted by molar-refractivity contribution is 9.08. The van der Waals surface area contributed by atoms with E-state index in [1.54, 1.807) is 18.2 Å². The Hall–Kier alpha value is -0.500. The van der Waals surface area contributed by atoms with Crippen molar-refractivity contribution in [3.63, 3.8) is 0 Å². The molecule has 1 rings (SSSR count). The Kier molecular flexibility index (Phi) is 1.59. The van der Waals surface area contributed by atoms with Crippen LogP contribution in [-0.4, -0.2) is 0 Å². The van der Waals surface area contributed by atoms with Crippen LogP contribution < -0.4 is 5.73 Å². The number of hydrogen-bond acceptors (Lipinski definition) is 1. The normalized spacial score (nSPS) is 14.2. The summed E-state index contributed by atoms with van der Waals surface area (Å²) in [5.74, 6) is 0. The molecule has 0 atom stereocenters. The van der Waals surface area contributed by atoms with Crippen LogP contribution in [-0.2, 0) is 5.28 Å². The second-order valence-electron chi connectivity index (χ2n) is 2.11. The Morgan fingerprint density at radius 3 is 2.90 bits per heavy atom. The molecule has 0 aliphatic carbocycles. The van der Waals surface area contributed by atoms with Gasteiger partial charge in [-0.1, -0.05) is 28.1 Å². The molecule has 0 saturated heterocycles. The molecule has 0 spiro atoms. The number of halogens is 1. The van der Waals surface area contributed by atoms with E-state index in [1.807, 2.05) is 6.92 Å².